The van der Waals surface area contributed by atoms with Crippen LogP contribution in [0.5, 0.6) is 0 Å². The smallest absolute Gasteiger partial charge is 0.131 e. The van der Waals surface area contributed by atoms with Gasteiger partial charge in [-0.3, -0.25) is 4.84 Å². The van der Waals surface area contributed by atoms with Gasteiger partial charge in [-0.15, -0.1) is 0 Å². The summed E-state index contributed by atoms with van der Waals surface area (Å²) in [5.74, 6) is 0. The second-order valence-corrected chi connectivity index (χ2v) is 5.61. The average molecular weight is 308 g/mol. The Bertz CT molecular complexity index is 584. The Morgan fingerprint density at radius 3 is 2.35 bits per heavy atom. The van der Waals surface area contributed by atoms with E-state index in [9.17, 15) is 0 Å². The number of rotatable bonds is 4. The molecule has 0 bridgehead atoms. The molecule has 0 radical (unpaired) electrons. The average Bonchev–Trinajstić information content (AvgIpc) is 2.43. The normalized spacial score (nSPS) is 16.7. The van der Waals surface area contributed by atoms with E-state index in [0.717, 1.165) is 24.2 Å². The van der Waals surface area contributed by atoms with Crippen molar-refractivity contribution < 1.29 is 4.84 Å². The van der Waals surface area contributed by atoms with Crippen LogP contribution in [0.3, 0.4) is 0 Å². The van der Waals surface area contributed by atoms with E-state index in [1.807, 2.05) is 47.5 Å². The van der Waals surface area contributed by atoms with Gasteiger partial charge in [0.25, 0.3) is 0 Å². The molecule has 1 heterocycles. The molecule has 0 saturated carbocycles. The van der Waals surface area contributed by atoms with Crippen molar-refractivity contribution in [1.82, 2.24) is 5.06 Å². The molecule has 1 saturated heterocycles. The van der Waals surface area contributed by atoms with Gasteiger partial charge in [-0.1, -0.05) is 65.7 Å². The van der Waals surface area contributed by atoms with Gasteiger partial charge in [0.05, 0.1) is 10.0 Å². The fourth-order valence-electron chi connectivity index (χ4n) is 2.19. The summed E-state index contributed by atoms with van der Waals surface area (Å²) in [4.78, 5) is 6.08. The van der Waals surface area contributed by atoms with E-state index < -0.39 is 0 Å². The summed E-state index contributed by atoms with van der Waals surface area (Å²) >= 11 is 12.5. The predicted octanol–water partition coefficient (Wildman–Crippen LogP) is 4.72. The molecule has 0 N–H and O–H groups in total. The maximum Gasteiger partial charge on any atom is 0.131 e. The summed E-state index contributed by atoms with van der Waals surface area (Å²) in [6.07, 6.45) is 0.952. The van der Waals surface area contributed by atoms with E-state index in [4.69, 9.17) is 28.0 Å². The van der Waals surface area contributed by atoms with Crippen LogP contribution in [0.1, 0.15) is 23.7 Å². The molecule has 1 unspecified atom stereocenters. The molecule has 20 heavy (non-hydrogen) atoms. The Kier molecular flexibility index (Phi) is 4.27. The topological polar surface area (TPSA) is 12.5 Å². The molecule has 1 fully saturated rings. The highest BCUT2D eigenvalue weighted by Crippen LogP contribution is 2.36. The molecule has 1 aliphatic heterocycles. The van der Waals surface area contributed by atoms with Crippen molar-refractivity contribution in [3.8, 4) is 0 Å². The van der Waals surface area contributed by atoms with Crippen LogP contribution in [0.15, 0.2) is 48.5 Å². The number of benzene rings is 2. The number of hydroxylamine groups is 2. The van der Waals surface area contributed by atoms with E-state index in [-0.39, 0.29) is 6.10 Å². The van der Waals surface area contributed by atoms with Gasteiger partial charge >= 0.3 is 0 Å². The molecule has 0 spiro atoms. The van der Waals surface area contributed by atoms with E-state index in [0.29, 0.717) is 10.0 Å². The first-order valence-corrected chi connectivity index (χ1v) is 7.42. The van der Waals surface area contributed by atoms with E-state index in [1.165, 1.54) is 6.42 Å². The molecule has 0 aliphatic carbocycles. The van der Waals surface area contributed by atoms with Gasteiger partial charge in [0, 0.05) is 18.7 Å². The summed E-state index contributed by atoms with van der Waals surface area (Å²) in [5, 5.41) is 3.08. The third kappa shape index (κ3) is 2.84. The van der Waals surface area contributed by atoms with Gasteiger partial charge < -0.3 is 0 Å². The zero-order valence-corrected chi connectivity index (χ0v) is 12.4. The molecule has 2 nitrogen and oxygen atoms in total. The maximum absolute atomic E-state index is 6.35. The lowest BCUT2D eigenvalue weighted by molar-refractivity contribution is -0.222. The lowest BCUT2D eigenvalue weighted by atomic mass is 10.0. The molecule has 2 aromatic carbocycles. The van der Waals surface area contributed by atoms with Crippen molar-refractivity contribution in [2.75, 3.05) is 13.1 Å². The Hall–Kier alpha value is -1.06. The first-order valence-electron chi connectivity index (χ1n) is 6.66. The predicted molar refractivity (Wildman–Crippen MR) is 82.0 cm³/mol. The fourth-order valence-corrected chi connectivity index (χ4v) is 2.60. The van der Waals surface area contributed by atoms with E-state index in [1.54, 1.807) is 6.07 Å². The van der Waals surface area contributed by atoms with E-state index >= 15 is 0 Å². The van der Waals surface area contributed by atoms with Crippen molar-refractivity contribution in [2.24, 2.45) is 0 Å². The molecule has 0 amide bonds. The first-order chi connectivity index (χ1) is 9.75. The molecule has 104 valence electrons. The second kappa shape index (κ2) is 6.15. The Morgan fingerprint density at radius 2 is 1.70 bits per heavy atom. The SMILES string of the molecule is Clc1cccc(C(ON2CCC2)c2ccccc2)c1Cl. The third-order valence-corrected chi connectivity index (χ3v) is 4.27. The molecule has 2 aromatic rings. The molecule has 1 aliphatic rings. The van der Waals surface area contributed by atoms with Crippen LogP contribution >= 0.6 is 23.2 Å². The summed E-state index contributed by atoms with van der Waals surface area (Å²) in [5.41, 5.74) is 1.97. The second-order valence-electron chi connectivity index (χ2n) is 4.82. The molecular weight excluding hydrogens is 293 g/mol. The highest BCUT2D eigenvalue weighted by Gasteiger charge is 2.25. The lowest BCUT2D eigenvalue weighted by Gasteiger charge is -2.34. The van der Waals surface area contributed by atoms with Crippen LogP contribution in [0.2, 0.25) is 10.0 Å². The molecule has 3 rings (SSSR count). The standard InChI is InChI=1S/C16H15Cl2NO/c17-14-9-4-8-13(15(14)18)16(20-19-10-5-11-19)12-6-2-1-3-7-12/h1-4,6-9,16H,5,10-11H2. The minimum Gasteiger partial charge on any atom is -0.286 e. The zero-order chi connectivity index (χ0) is 13.9. The van der Waals surface area contributed by atoms with E-state index in [2.05, 4.69) is 0 Å². The quantitative estimate of drug-likeness (QED) is 0.810. The van der Waals surface area contributed by atoms with Crippen LogP contribution in [-0.2, 0) is 4.84 Å². The Labute approximate surface area is 128 Å². The Balaban J connectivity index is 1.98. The van der Waals surface area contributed by atoms with Crippen LogP contribution in [0.25, 0.3) is 0 Å². The molecule has 0 aromatic heterocycles. The fraction of sp³-hybridized carbons (Fsp3) is 0.250. The largest absolute Gasteiger partial charge is 0.286 e. The molecular formula is C16H15Cl2NO. The van der Waals surface area contributed by atoms with Crippen LogP contribution in [-0.4, -0.2) is 18.2 Å². The number of hydrogen-bond donors (Lipinski definition) is 0. The van der Waals surface area contributed by atoms with Gasteiger partial charge in [-0.05, 0) is 18.1 Å². The molecule has 4 heteroatoms. The third-order valence-electron chi connectivity index (χ3n) is 3.44. The first kappa shape index (κ1) is 13.9. The summed E-state index contributed by atoms with van der Waals surface area (Å²) in [7, 11) is 0. The van der Waals surface area contributed by atoms with Crippen molar-refractivity contribution in [1.29, 1.82) is 0 Å². The van der Waals surface area contributed by atoms with Crippen molar-refractivity contribution in [3.63, 3.8) is 0 Å². The highest BCUT2D eigenvalue weighted by molar-refractivity contribution is 6.42. The van der Waals surface area contributed by atoms with Crippen molar-refractivity contribution in [3.05, 3.63) is 69.7 Å². The number of hydrogen-bond acceptors (Lipinski definition) is 2. The lowest BCUT2D eigenvalue weighted by Crippen LogP contribution is -2.38. The van der Waals surface area contributed by atoms with Gasteiger partial charge in [0.1, 0.15) is 6.10 Å². The number of nitrogens with zero attached hydrogens (tertiary/aromatic N) is 1. The minimum absolute atomic E-state index is 0.220. The van der Waals surface area contributed by atoms with Gasteiger partial charge in [0.2, 0.25) is 0 Å². The van der Waals surface area contributed by atoms with Crippen LogP contribution in [0, 0.1) is 0 Å². The minimum atomic E-state index is -0.220. The zero-order valence-electron chi connectivity index (χ0n) is 10.9. The summed E-state index contributed by atoms with van der Waals surface area (Å²) in [6.45, 7) is 1.92. The summed E-state index contributed by atoms with van der Waals surface area (Å²) < 4.78 is 0. The van der Waals surface area contributed by atoms with Crippen LogP contribution in [0.4, 0.5) is 0 Å². The molecule has 1 atom stereocenters. The monoisotopic (exact) mass is 307 g/mol. The van der Waals surface area contributed by atoms with Gasteiger partial charge in [-0.2, -0.15) is 5.06 Å². The highest BCUT2D eigenvalue weighted by atomic mass is 35.5. The maximum atomic E-state index is 6.35. The van der Waals surface area contributed by atoms with Crippen molar-refractivity contribution in [2.45, 2.75) is 12.5 Å². The van der Waals surface area contributed by atoms with Gasteiger partial charge in [0.15, 0.2) is 0 Å². The van der Waals surface area contributed by atoms with Gasteiger partial charge in [-0.25, -0.2) is 0 Å². The van der Waals surface area contributed by atoms with Crippen molar-refractivity contribution >= 4 is 23.2 Å². The van der Waals surface area contributed by atoms with Crippen LogP contribution < -0.4 is 0 Å². The number of halogens is 2. The Morgan fingerprint density at radius 1 is 0.950 bits per heavy atom. The summed E-state index contributed by atoms with van der Waals surface area (Å²) in [6, 6.07) is 15.7.